The lowest BCUT2D eigenvalue weighted by Gasteiger charge is -2.26. The maximum Gasteiger partial charge on any atom is 0.108 e. The number of hydrogen-bond donors (Lipinski definition) is 5. The summed E-state index contributed by atoms with van der Waals surface area (Å²) in [6, 6.07) is -0.450. The van der Waals surface area contributed by atoms with E-state index in [1.54, 1.807) is 13.8 Å². The van der Waals surface area contributed by atoms with Crippen LogP contribution in [-0.2, 0) is 0 Å². The smallest absolute Gasteiger partial charge is 0.108 e. The zero-order valence-electron chi connectivity index (χ0n) is 7.94. The summed E-state index contributed by atoms with van der Waals surface area (Å²) in [6.45, 7) is 3.34. The van der Waals surface area contributed by atoms with E-state index in [4.69, 9.17) is 5.41 Å². The van der Waals surface area contributed by atoms with E-state index < -0.39 is 24.4 Å². The summed E-state index contributed by atoms with van der Waals surface area (Å²) in [4.78, 5) is 0. The Morgan fingerprint density at radius 2 is 1.85 bits per heavy atom. The van der Waals surface area contributed by atoms with Crippen LogP contribution in [0.25, 0.3) is 0 Å². The van der Waals surface area contributed by atoms with E-state index in [1.807, 2.05) is 0 Å². The van der Waals surface area contributed by atoms with E-state index >= 15 is 0 Å². The molecule has 0 aromatic carbocycles. The third kappa shape index (κ3) is 3.71. The van der Waals surface area contributed by atoms with Crippen molar-refractivity contribution in [3.05, 3.63) is 0 Å². The average Bonchev–Trinajstić information content (AvgIpc) is 2.14. The quantitative estimate of drug-likeness (QED) is 0.276. The summed E-state index contributed by atoms with van der Waals surface area (Å²) in [5.41, 5.74) is 0. The van der Waals surface area contributed by atoms with Crippen molar-refractivity contribution in [2.45, 2.75) is 44.6 Å². The zero-order valence-corrected chi connectivity index (χ0v) is 7.94. The van der Waals surface area contributed by atoms with Gasteiger partial charge in [0, 0.05) is 0 Å². The molecule has 78 valence electrons. The van der Waals surface area contributed by atoms with Crippen molar-refractivity contribution in [1.29, 1.82) is 5.41 Å². The summed E-state index contributed by atoms with van der Waals surface area (Å²) >= 11 is 0. The lowest BCUT2D eigenvalue weighted by molar-refractivity contribution is -0.0684. The molecule has 5 nitrogen and oxygen atoms in total. The third-order valence-electron chi connectivity index (χ3n) is 2.02. The fraction of sp³-hybridized carbons (Fsp3) is 0.875. The van der Waals surface area contributed by atoms with Gasteiger partial charge >= 0.3 is 0 Å². The average molecular weight is 190 g/mol. The molecule has 0 aliphatic carbocycles. The summed E-state index contributed by atoms with van der Waals surface area (Å²) in [6.07, 6.45) is -1.84. The first-order valence-electron chi connectivity index (χ1n) is 4.33. The normalized spacial score (nSPS) is 20.1. The first kappa shape index (κ1) is 12.3. The Morgan fingerprint density at radius 1 is 1.31 bits per heavy atom. The Morgan fingerprint density at radius 3 is 2.23 bits per heavy atom. The van der Waals surface area contributed by atoms with E-state index in [0.29, 0.717) is 6.42 Å². The van der Waals surface area contributed by atoms with Crippen molar-refractivity contribution >= 4 is 6.34 Å². The van der Waals surface area contributed by atoms with Crippen molar-refractivity contribution in [3.63, 3.8) is 0 Å². The van der Waals surface area contributed by atoms with Crippen LogP contribution in [0.15, 0.2) is 0 Å². The number of rotatable bonds is 6. The molecule has 0 rings (SSSR count). The predicted molar refractivity (Wildman–Crippen MR) is 49.7 cm³/mol. The standard InChI is InChI=1S/C8H18N2O3/c1-3-6(11)8(13)7(12)5(2)10-4-9/h4-8,11-13H,3H2,1-2H3,(H2,9,10)/t5-,6-,7-,8?/m1/s1. The maximum absolute atomic E-state index is 9.44. The largest absolute Gasteiger partial charge is 0.390 e. The van der Waals surface area contributed by atoms with Gasteiger partial charge in [-0.2, -0.15) is 0 Å². The van der Waals surface area contributed by atoms with Gasteiger partial charge < -0.3 is 20.6 Å². The number of nitrogens with one attached hydrogen (secondary N) is 2. The van der Waals surface area contributed by atoms with Gasteiger partial charge in [-0.3, -0.25) is 5.41 Å². The van der Waals surface area contributed by atoms with Gasteiger partial charge in [0.1, 0.15) is 12.2 Å². The van der Waals surface area contributed by atoms with E-state index in [2.05, 4.69) is 5.32 Å². The van der Waals surface area contributed by atoms with Crippen LogP contribution >= 0.6 is 0 Å². The van der Waals surface area contributed by atoms with Crippen LogP contribution in [-0.4, -0.2) is 46.0 Å². The number of aliphatic hydroxyl groups excluding tert-OH is 3. The van der Waals surface area contributed by atoms with Gasteiger partial charge in [-0.15, -0.1) is 0 Å². The SMILES string of the molecule is CC[C@@H](O)C(O)[C@H](O)[C@@H](C)NC=N. The second-order valence-corrected chi connectivity index (χ2v) is 3.06. The van der Waals surface area contributed by atoms with Crippen LogP contribution in [0.3, 0.4) is 0 Å². The third-order valence-corrected chi connectivity index (χ3v) is 2.02. The molecule has 0 radical (unpaired) electrons. The molecule has 0 aliphatic heterocycles. The van der Waals surface area contributed by atoms with Crippen LogP contribution in [0.2, 0.25) is 0 Å². The van der Waals surface area contributed by atoms with Crippen molar-refractivity contribution in [2.24, 2.45) is 0 Å². The van der Waals surface area contributed by atoms with Crippen LogP contribution < -0.4 is 5.32 Å². The van der Waals surface area contributed by atoms with Crippen LogP contribution in [0.1, 0.15) is 20.3 Å². The highest BCUT2D eigenvalue weighted by Gasteiger charge is 2.27. The minimum Gasteiger partial charge on any atom is -0.390 e. The number of hydrogen-bond acceptors (Lipinski definition) is 4. The molecule has 0 bridgehead atoms. The van der Waals surface area contributed by atoms with Crippen molar-refractivity contribution in [2.75, 3.05) is 0 Å². The molecular formula is C8H18N2O3. The van der Waals surface area contributed by atoms with Gasteiger partial charge in [0.2, 0.25) is 0 Å². The van der Waals surface area contributed by atoms with E-state index in [1.165, 1.54) is 0 Å². The van der Waals surface area contributed by atoms with Crippen molar-refractivity contribution in [3.8, 4) is 0 Å². The highest BCUT2D eigenvalue weighted by molar-refractivity contribution is 5.50. The first-order chi connectivity index (χ1) is 6.04. The van der Waals surface area contributed by atoms with E-state index in [0.717, 1.165) is 6.34 Å². The minimum absolute atomic E-state index is 0.384. The lowest BCUT2D eigenvalue weighted by atomic mass is 10.0. The van der Waals surface area contributed by atoms with Gasteiger partial charge in [0.25, 0.3) is 0 Å². The fourth-order valence-corrected chi connectivity index (χ4v) is 0.995. The molecule has 0 amide bonds. The topological polar surface area (TPSA) is 96.6 Å². The maximum atomic E-state index is 9.44. The lowest BCUT2D eigenvalue weighted by Crippen LogP contribution is -2.48. The summed E-state index contributed by atoms with van der Waals surface area (Å²) < 4.78 is 0. The second-order valence-electron chi connectivity index (χ2n) is 3.06. The molecule has 0 saturated carbocycles. The van der Waals surface area contributed by atoms with Gasteiger partial charge in [-0.25, -0.2) is 0 Å². The molecule has 4 atom stereocenters. The molecule has 1 unspecified atom stereocenters. The molecule has 0 aliphatic rings. The molecular weight excluding hydrogens is 172 g/mol. The van der Waals surface area contributed by atoms with Crippen LogP contribution in [0, 0.1) is 5.41 Å². The minimum atomic E-state index is -1.17. The molecule has 0 saturated heterocycles. The molecule has 0 heterocycles. The van der Waals surface area contributed by atoms with Crippen LogP contribution in [0.4, 0.5) is 0 Å². The molecule has 0 aromatic rings. The Balaban J connectivity index is 4.06. The monoisotopic (exact) mass is 190 g/mol. The number of aliphatic hydroxyl groups is 3. The molecule has 0 spiro atoms. The molecule has 5 heteroatoms. The van der Waals surface area contributed by atoms with Gasteiger partial charge in [0.15, 0.2) is 0 Å². The van der Waals surface area contributed by atoms with E-state index in [-0.39, 0.29) is 0 Å². The molecule has 0 fully saturated rings. The van der Waals surface area contributed by atoms with Crippen molar-refractivity contribution in [1.82, 2.24) is 5.32 Å². The Kier molecular flexibility index (Phi) is 5.61. The zero-order chi connectivity index (χ0) is 10.4. The highest BCUT2D eigenvalue weighted by Crippen LogP contribution is 2.06. The summed E-state index contributed by atoms with van der Waals surface area (Å²) in [7, 11) is 0. The van der Waals surface area contributed by atoms with Gasteiger partial charge in [-0.05, 0) is 13.3 Å². The molecule has 0 aromatic heterocycles. The highest BCUT2D eigenvalue weighted by atomic mass is 16.4. The molecule has 13 heavy (non-hydrogen) atoms. The Labute approximate surface area is 77.9 Å². The van der Waals surface area contributed by atoms with E-state index in [9.17, 15) is 15.3 Å². The van der Waals surface area contributed by atoms with Crippen molar-refractivity contribution < 1.29 is 15.3 Å². The second kappa shape index (κ2) is 5.90. The molecule has 5 N–H and O–H groups in total. The van der Waals surface area contributed by atoms with Gasteiger partial charge in [-0.1, -0.05) is 6.92 Å². The summed E-state index contributed by atoms with van der Waals surface area (Å²) in [5.74, 6) is 0. The van der Waals surface area contributed by atoms with Crippen LogP contribution in [0.5, 0.6) is 0 Å². The Hall–Kier alpha value is -0.650. The predicted octanol–water partition coefficient (Wildman–Crippen LogP) is -0.936. The fourth-order valence-electron chi connectivity index (χ4n) is 0.995. The first-order valence-corrected chi connectivity index (χ1v) is 4.33. The van der Waals surface area contributed by atoms with Gasteiger partial charge in [0.05, 0.1) is 18.5 Å². The summed E-state index contributed by atoms with van der Waals surface area (Å²) in [5, 5.41) is 37.3. The Bertz CT molecular complexity index is 154.